The average Bonchev–Trinajstić information content (AvgIpc) is 3.29. The Balaban J connectivity index is 1.71. The third kappa shape index (κ3) is 4.87. The molecule has 3 atom stereocenters. The van der Waals surface area contributed by atoms with E-state index in [1.165, 1.54) is 0 Å². The fourth-order valence-electron chi connectivity index (χ4n) is 6.05. The molecule has 0 saturated carbocycles. The number of likely N-dealkylation sites (tertiary alicyclic amines) is 1. The van der Waals surface area contributed by atoms with Crippen LogP contribution in [0.3, 0.4) is 0 Å². The molecule has 214 valence electrons. The molecule has 2 aliphatic heterocycles. The Morgan fingerprint density at radius 1 is 0.805 bits per heavy atom. The van der Waals surface area contributed by atoms with Crippen molar-refractivity contribution in [2.75, 3.05) is 7.05 Å². The van der Waals surface area contributed by atoms with Crippen molar-refractivity contribution in [1.29, 1.82) is 0 Å². The zero-order valence-electron chi connectivity index (χ0n) is 24.8. The van der Waals surface area contributed by atoms with Crippen molar-refractivity contribution in [1.82, 2.24) is 9.47 Å². The summed E-state index contributed by atoms with van der Waals surface area (Å²) < 4.78 is 1.41. The number of benzene rings is 3. The standard InChI is InChI=1S/C34H40N2O3SSi/c1-33(2,3)41(5,6)36-31(39)29(30(38)27-22-23-28(37)35(27)4)32(36)40-34(24-16-10-7-11-17-24,25-18-12-8-13-19-25)26-20-14-9-15-21-26/h7-21,27,29,32H,22-23H2,1-6H3. The molecule has 5 rings (SSSR count). The van der Waals surface area contributed by atoms with Gasteiger partial charge in [0, 0.05) is 13.5 Å². The molecule has 2 heterocycles. The minimum atomic E-state index is -2.38. The maximum absolute atomic E-state index is 14.2. The first kappa shape index (κ1) is 29.3. The van der Waals surface area contributed by atoms with E-state index in [9.17, 15) is 14.4 Å². The third-order valence-electron chi connectivity index (χ3n) is 9.45. The van der Waals surface area contributed by atoms with Crippen molar-refractivity contribution in [3.63, 3.8) is 0 Å². The van der Waals surface area contributed by atoms with Gasteiger partial charge in [-0.15, -0.1) is 11.8 Å². The van der Waals surface area contributed by atoms with E-state index in [0.29, 0.717) is 12.8 Å². The number of β-lactam (4-membered cyclic amide) rings is 1. The van der Waals surface area contributed by atoms with Crippen LogP contribution >= 0.6 is 11.8 Å². The van der Waals surface area contributed by atoms with E-state index in [4.69, 9.17) is 0 Å². The first-order valence-corrected chi connectivity index (χ1v) is 18.2. The number of hydrogen-bond donors (Lipinski definition) is 0. The van der Waals surface area contributed by atoms with E-state index in [-0.39, 0.29) is 28.0 Å². The van der Waals surface area contributed by atoms with Gasteiger partial charge in [0.2, 0.25) is 11.8 Å². The van der Waals surface area contributed by atoms with E-state index in [1.54, 1.807) is 23.7 Å². The second-order valence-electron chi connectivity index (χ2n) is 12.7. The molecular weight excluding hydrogens is 545 g/mol. The van der Waals surface area contributed by atoms with E-state index >= 15 is 0 Å². The molecule has 0 aliphatic carbocycles. The largest absolute Gasteiger partial charge is 0.356 e. The number of likely N-dealkylation sites (N-methyl/N-ethyl adjacent to an activating group) is 1. The van der Waals surface area contributed by atoms with Crippen molar-refractivity contribution in [3.8, 4) is 0 Å². The Morgan fingerprint density at radius 2 is 1.24 bits per heavy atom. The van der Waals surface area contributed by atoms with Crippen molar-refractivity contribution in [3.05, 3.63) is 108 Å². The summed E-state index contributed by atoms with van der Waals surface area (Å²) in [6.45, 7) is 11.1. The fourth-order valence-corrected chi connectivity index (χ4v) is 11.0. The number of amides is 2. The van der Waals surface area contributed by atoms with Crippen molar-refractivity contribution < 1.29 is 14.4 Å². The average molecular weight is 585 g/mol. The van der Waals surface area contributed by atoms with Crippen LogP contribution in [-0.4, -0.2) is 53.8 Å². The number of hydrogen-bond acceptors (Lipinski definition) is 4. The fraction of sp³-hybridized carbons (Fsp3) is 0.382. The number of carbonyl (C=O) groups is 3. The molecule has 2 saturated heterocycles. The molecule has 5 nitrogen and oxygen atoms in total. The Labute approximate surface area is 249 Å². The summed E-state index contributed by atoms with van der Waals surface area (Å²) in [5, 5.41) is -0.481. The highest BCUT2D eigenvalue weighted by Crippen LogP contribution is 2.57. The minimum Gasteiger partial charge on any atom is -0.356 e. The van der Waals surface area contributed by atoms with Crippen LogP contribution in [0.1, 0.15) is 50.3 Å². The lowest BCUT2D eigenvalue weighted by Crippen LogP contribution is -2.74. The SMILES string of the molecule is CN1C(=O)CCC1C(=O)C1C(=O)N([Si](C)(C)C(C)(C)C)C1SC(c1ccccc1)(c1ccccc1)c1ccccc1. The quantitative estimate of drug-likeness (QED) is 0.128. The molecular formula is C34H40N2O3SSi. The normalized spacial score (nSPS) is 21.7. The van der Waals surface area contributed by atoms with Gasteiger partial charge in [-0.05, 0) is 28.1 Å². The van der Waals surface area contributed by atoms with Gasteiger partial charge in [0.05, 0.1) is 16.2 Å². The molecule has 3 unspecified atom stereocenters. The van der Waals surface area contributed by atoms with Crippen LogP contribution in [0, 0.1) is 5.92 Å². The lowest BCUT2D eigenvalue weighted by molar-refractivity contribution is -0.152. The Morgan fingerprint density at radius 3 is 1.61 bits per heavy atom. The Hall–Kier alpha value is -3.16. The van der Waals surface area contributed by atoms with Gasteiger partial charge in [-0.3, -0.25) is 14.4 Å². The molecule has 7 heteroatoms. The zero-order valence-corrected chi connectivity index (χ0v) is 26.7. The van der Waals surface area contributed by atoms with Crippen LogP contribution in [-0.2, 0) is 19.1 Å². The van der Waals surface area contributed by atoms with Crippen LogP contribution in [0.5, 0.6) is 0 Å². The van der Waals surface area contributed by atoms with Gasteiger partial charge in [-0.25, -0.2) is 0 Å². The van der Waals surface area contributed by atoms with E-state index < -0.39 is 24.9 Å². The van der Waals surface area contributed by atoms with Crippen LogP contribution in [0.4, 0.5) is 0 Å². The molecule has 3 aromatic carbocycles. The molecule has 0 bridgehead atoms. The molecule has 0 spiro atoms. The molecule has 0 radical (unpaired) electrons. The van der Waals surface area contributed by atoms with E-state index in [0.717, 1.165) is 16.7 Å². The van der Waals surface area contributed by atoms with Crippen molar-refractivity contribution in [2.24, 2.45) is 5.92 Å². The van der Waals surface area contributed by atoms with Gasteiger partial charge < -0.3 is 9.47 Å². The summed E-state index contributed by atoms with van der Waals surface area (Å²) in [7, 11) is -0.686. The first-order chi connectivity index (χ1) is 19.4. The highest BCUT2D eigenvalue weighted by atomic mass is 32.2. The summed E-state index contributed by atoms with van der Waals surface area (Å²) >= 11 is 1.71. The molecule has 2 amide bonds. The molecule has 41 heavy (non-hydrogen) atoms. The predicted octanol–water partition coefficient (Wildman–Crippen LogP) is 6.69. The molecule has 2 aliphatic rings. The lowest BCUT2D eigenvalue weighted by Gasteiger charge is -2.59. The summed E-state index contributed by atoms with van der Waals surface area (Å²) in [4.78, 5) is 42.3. The lowest BCUT2D eigenvalue weighted by atomic mass is 9.84. The molecule has 3 aromatic rings. The highest BCUT2D eigenvalue weighted by Gasteiger charge is 2.63. The topological polar surface area (TPSA) is 57.7 Å². The van der Waals surface area contributed by atoms with E-state index in [1.807, 2.05) is 18.2 Å². The third-order valence-corrected chi connectivity index (χ3v) is 16.8. The molecule has 0 aromatic heterocycles. The monoisotopic (exact) mass is 584 g/mol. The number of ketones is 1. The van der Waals surface area contributed by atoms with Crippen LogP contribution < -0.4 is 0 Å². The maximum atomic E-state index is 14.2. The Bertz CT molecular complexity index is 1330. The van der Waals surface area contributed by atoms with Crippen LogP contribution in [0.15, 0.2) is 91.0 Å². The molecule has 2 fully saturated rings. The number of rotatable bonds is 8. The smallest absolute Gasteiger partial charge is 0.229 e. The van der Waals surface area contributed by atoms with Crippen molar-refractivity contribution >= 4 is 37.6 Å². The number of Topliss-reactive ketones (excluding diaryl/α,β-unsaturated/α-hetero) is 1. The first-order valence-electron chi connectivity index (χ1n) is 14.4. The van der Waals surface area contributed by atoms with Gasteiger partial charge in [-0.1, -0.05) is 125 Å². The van der Waals surface area contributed by atoms with Crippen LogP contribution in [0.25, 0.3) is 0 Å². The van der Waals surface area contributed by atoms with Gasteiger partial charge in [0.25, 0.3) is 0 Å². The Kier molecular flexibility index (Phi) is 7.81. The minimum absolute atomic E-state index is 0.0345. The van der Waals surface area contributed by atoms with Gasteiger partial charge in [0.15, 0.2) is 14.0 Å². The predicted molar refractivity (Wildman–Crippen MR) is 169 cm³/mol. The van der Waals surface area contributed by atoms with Gasteiger partial charge >= 0.3 is 0 Å². The summed E-state index contributed by atoms with van der Waals surface area (Å²) in [5.41, 5.74) is 3.28. The van der Waals surface area contributed by atoms with Gasteiger partial charge in [-0.2, -0.15) is 0 Å². The summed E-state index contributed by atoms with van der Waals surface area (Å²) in [5.74, 6) is -1.05. The number of thioether (sulfide) groups is 1. The summed E-state index contributed by atoms with van der Waals surface area (Å²) in [6, 6.07) is 30.7. The second kappa shape index (κ2) is 10.9. The highest BCUT2D eigenvalue weighted by molar-refractivity contribution is 8.01. The van der Waals surface area contributed by atoms with Crippen molar-refractivity contribution in [2.45, 2.75) is 67.9 Å². The second-order valence-corrected chi connectivity index (χ2v) is 19.2. The van der Waals surface area contributed by atoms with Gasteiger partial charge in [0.1, 0.15) is 5.92 Å². The molecule has 0 N–H and O–H groups in total. The zero-order chi connectivity index (χ0) is 29.6. The van der Waals surface area contributed by atoms with E-state index in [2.05, 4.69) is 111 Å². The summed E-state index contributed by atoms with van der Waals surface area (Å²) in [6.07, 6.45) is 0.816. The number of nitrogens with zero attached hydrogens (tertiary/aromatic N) is 2. The van der Waals surface area contributed by atoms with Crippen LogP contribution in [0.2, 0.25) is 18.1 Å². The number of carbonyl (C=O) groups excluding carboxylic acids is 3. The maximum Gasteiger partial charge on any atom is 0.229 e.